The summed E-state index contributed by atoms with van der Waals surface area (Å²) in [5, 5.41) is 56.5. The molecule has 30 heavy (non-hydrogen) atoms. The Morgan fingerprint density at radius 1 is 0.867 bits per heavy atom. The molecule has 1 atom stereocenters. The minimum Gasteiger partial charge on any atom is -0.512 e. The van der Waals surface area contributed by atoms with Crippen molar-refractivity contribution in [2.24, 2.45) is 0 Å². The molecule has 0 aromatic heterocycles. The molecule has 0 spiro atoms. The number of nitrogens with zero attached hydrogens (tertiary/aromatic N) is 1. The van der Waals surface area contributed by atoms with Crippen molar-refractivity contribution in [3.05, 3.63) is 92.4 Å². The van der Waals surface area contributed by atoms with Gasteiger partial charge in [-0.05, 0) is 12.1 Å². The van der Waals surface area contributed by atoms with Crippen molar-refractivity contribution in [1.82, 2.24) is 0 Å². The topological polar surface area (TPSA) is 178 Å². The van der Waals surface area contributed by atoms with E-state index in [4.69, 9.17) is 15.3 Å². The molecule has 0 aliphatic heterocycles. The van der Waals surface area contributed by atoms with E-state index < -0.39 is 40.2 Å². The fourth-order valence-electron chi connectivity index (χ4n) is 3.12. The Bertz CT molecular complexity index is 1090. The molecule has 0 bridgehead atoms. The molecule has 2 aliphatic rings. The number of carbonyl (C=O) groups is 2. The lowest BCUT2D eigenvalue weighted by molar-refractivity contribution is -0.608. The van der Waals surface area contributed by atoms with Crippen molar-refractivity contribution in [3.63, 3.8) is 0 Å². The number of benzene rings is 2. The van der Waals surface area contributed by atoms with Gasteiger partial charge in [0.2, 0.25) is 0 Å². The maximum Gasteiger partial charge on any atom is 0.353 e. The maximum atomic E-state index is 12.2. The van der Waals surface area contributed by atoms with Crippen LogP contribution in [0.3, 0.4) is 0 Å². The third kappa shape index (κ3) is 3.47. The zero-order chi connectivity index (χ0) is 22.2. The molecule has 154 valence electrons. The molecule has 0 heterocycles. The van der Waals surface area contributed by atoms with Crippen molar-refractivity contribution in [2.75, 3.05) is 0 Å². The van der Waals surface area contributed by atoms with Crippen LogP contribution in [0.25, 0.3) is 0 Å². The molecule has 2 aliphatic carbocycles. The first kappa shape index (κ1) is 20.6. The SMILES string of the molecule is O=C1c2ccccc2C(=O)c2c(O)ccc(O)c21.O=[N+]([O-])C1(O)C=C(O)C=C(O)C1. The highest BCUT2D eigenvalue weighted by atomic mass is 16.7. The van der Waals surface area contributed by atoms with Gasteiger partial charge in [-0.3, -0.25) is 19.7 Å². The number of aromatic hydroxyl groups is 2. The Morgan fingerprint density at radius 3 is 1.73 bits per heavy atom. The first-order valence-electron chi connectivity index (χ1n) is 8.46. The Balaban J connectivity index is 0.000000187. The summed E-state index contributed by atoms with van der Waals surface area (Å²) in [7, 11) is 0. The number of rotatable bonds is 1. The minimum atomic E-state index is -2.39. The lowest BCUT2D eigenvalue weighted by Gasteiger charge is -2.18. The number of nitro groups is 1. The van der Waals surface area contributed by atoms with Gasteiger partial charge in [0.05, 0.1) is 22.1 Å². The van der Waals surface area contributed by atoms with E-state index >= 15 is 0 Å². The van der Waals surface area contributed by atoms with Crippen molar-refractivity contribution < 1.29 is 40.0 Å². The molecule has 10 nitrogen and oxygen atoms in total. The van der Waals surface area contributed by atoms with E-state index in [0.29, 0.717) is 6.08 Å². The smallest absolute Gasteiger partial charge is 0.353 e. The third-order valence-corrected chi connectivity index (χ3v) is 4.48. The number of carbonyl (C=O) groups excluding carboxylic acids is 2. The number of hydrogen-bond acceptors (Lipinski definition) is 9. The summed E-state index contributed by atoms with van der Waals surface area (Å²) in [6.07, 6.45) is 1.09. The molecule has 2 aromatic rings. The summed E-state index contributed by atoms with van der Waals surface area (Å²) in [4.78, 5) is 33.7. The van der Waals surface area contributed by atoms with Crippen molar-refractivity contribution in [2.45, 2.75) is 12.1 Å². The van der Waals surface area contributed by atoms with Gasteiger partial charge in [0.25, 0.3) is 0 Å². The monoisotopic (exact) mass is 413 g/mol. The number of phenols is 2. The Labute approximate surface area is 168 Å². The number of phenolic OH excluding ortho intramolecular Hbond substituents is 2. The highest BCUT2D eigenvalue weighted by molar-refractivity contribution is 6.30. The zero-order valence-electron chi connectivity index (χ0n) is 15.1. The quantitative estimate of drug-likeness (QED) is 0.173. The van der Waals surface area contributed by atoms with E-state index in [2.05, 4.69) is 0 Å². The molecule has 10 heteroatoms. The van der Waals surface area contributed by atoms with Gasteiger partial charge < -0.3 is 25.5 Å². The van der Waals surface area contributed by atoms with Crippen LogP contribution in [0.4, 0.5) is 0 Å². The van der Waals surface area contributed by atoms with Crippen LogP contribution in [0.5, 0.6) is 11.5 Å². The average molecular weight is 413 g/mol. The van der Waals surface area contributed by atoms with Crippen molar-refractivity contribution in [3.8, 4) is 11.5 Å². The summed E-state index contributed by atoms with van der Waals surface area (Å²) < 4.78 is 0. The molecular formula is C20H15NO9. The first-order valence-corrected chi connectivity index (χ1v) is 8.46. The van der Waals surface area contributed by atoms with Crippen LogP contribution in [-0.2, 0) is 0 Å². The molecule has 4 rings (SSSR count). The largest absolute Gasteiger partial charge is 0.512 e. The van der Waals surface area contributed by atoms with E-state index in [-0.39, 0.29) is 33.8 Å². The molecule has 2 aromatic carbocycles. The Hall–Kier alpha value is -4.18. The van der Waals surface area contributed by atoms with Crippen LogP contribution in [-0.4, -0.2) is 47.7 Å². The summed E-state index contributed by atoms with van der Waals surface area (Å²) >= 11 is 0. The number of fused-ring (bicyclic) bond motifs is 2. The summed E-state index contributed by atoms with van der Waals surface area (Å²) in [6.45, 7) is 0. The van der Waals surface area contributed by atoms with Gasteiger partial charge in [-0.15, -0.1) is 0 Å². The van der Waals surface area contributed by atoms with Gasteiger partial charge in [-0.2, -0.15) is 0 Å². The standard InChI is InChI=1S/C14H8O4.C6H7NO5/c15-9-5-6-10(16)12-11(9)13(17)7-3-1-2-4-8(7)14(12)18;8-4-1-5(9)3-6(10,2-4)7(11)12/h1-6,15-16H;1-2,8-10H,3H2. The normalized spacial score (nSPS) is 19.5. The van der Waals surface area contributed by atoms with E-state index in [1.165, 1.54) is 24.3 Å². The molecule has 0 saturated heterocycles. The van der Waals surface area contributed by atoms with Gasteiger partial charge in [0, 0.05) is 17.2 Å². The second-order valence-corrected chi connectivity index (χ2v) is 6.57. The zero-order valence-corrected chi connectivity index (χ0v) is 15.1. The summed E-state index contributed by atoms with van der Waals surface area (Å²) in [6, 6.07) is 8.76. The average Bonchev–Trinajstić information content (AvgIpc) is 2.67. The molecule has 0 fully saturated rings. The second kappa shape index (κ2) is 7.33. The lowest BCUT2D eigenvalue weighted by atomic mass is 9.83. The molecule has 1 unspecified atom stereocenters. The van der Waals surface area contributed by atoms with Crippen LogP contribution < -0.4 is 0 Å². The molecule has 0 radical (unpaired) electrons. The number of hydrogen-bond donors (Lipinski definition) is 5. The molecular weight excluding hydrogens is 398 g/mol. The Morgan fingerprint density at radius 2 is 1.33 bits per heavy atom. The highest BCUT2D eigenvalue weighted by Crippen LogP contribution is 2.37. The predicted octanol–water partition coefficient (Wildman–Crippen LogP) is 2.11. The summed E-state index contributed by atoms with van der Waals surface area (Å²) in [5.41, 5.74) is -2.15. The fraction of sp³-hybridized carbons (Fsp3) is 0.100. The van der Waals surface area contributed by atoms with Crippen LogP contribution in [0.2, 0.25) is 0 Å². The van der Waals surface area contributed by atoms with Gasteiger partial charge in [-0.25, -0.2) is 0 Å². The third-order valence-electron chi connectivity index (χ3n) is 4.48. The lowest BCUT2D eigenvalue weighted by Crippen LogP contribution is -2.38. The van der Waals surface area contributed by atoms with Gasteiger partial charge in [-0.1, -0.05) is 24.3 Å². The van der Waals surface area contributed by atoms with Crippen molar-refractivity contribution in [1.29, 1.82) is 0 Å². The number of aliphatic hydroxyl groups is 3. The second-order valence-electron chi connectivity index (χ2n) is 6.57. The number of ketones is 2. The van der Waals surface area contributed by atoms with E-state index in [0.717, 1.165) is 6.08 Å². The maximum absolute atomic E-state index is 12.2. The molecule has 5 N–H and O–H groups in total. The summed E-state index contributed by atoms with van der Waals surface area (Å²) in [5.74, 6) is -2.43. The van der Waals surface area contributed by atoms with E-state index in [1.807, 2.05) is 0 Å². The fourth-order valence-corrected chi connectivity index (χ4v) is 3.12. The van der Waals surface area contributed by atoms with Crippen LogP contribution >= 0.6 is 0 Å². The van der Waals surface area contributed by atoms with Crippen LogP contribution in [0.15, 0.2) is 60.1 Å². The van der Waals surface area contributed by atoms with Crippen molar-refractivity contribution >= 4 is 11.6 Å². The number of aliphatic hydroxyl groups excluding tert-OH is 2. The van der Waals surface area contributed by atoms with Crippen LogP contribution in [0, 0.1) is 10.1 Å². The predicted molar refractivity (Wildman–Crippen MR) is 101 cm³/mol. The van der Waals surface area contributed by atoms with E-state index in [1.54, 1.807) is 12.1 Å². The van der Waals surface area contributed by atoms with Gasteiger partial charge in [0.1, 0.15) is 29.4 Å². The molecule has 0 amide bonds. The van der Waals surface area contributed by atoms with E-state index in [9.17, 15) is 29.9 Å². The number of allylic oxidation sites excluding steroid dienone is 1. The van der Waals surface area contributed by atoms with Gasteiger partial charge >= 0.3 is 5.72 Å². The van der Waals surface area contributed by atoms with Gasteiger partial charge in [0.15, 0.2) is 11.6 Å². The minimum absolute atomic E-state index is 0.126. The molecule has 0 saturated carbocycles. The highest BCUT2D eigenvalue weighted by Gasteiger charge is 2.42. The Kier molecular flexibility index (Phi) is 5.02. The first-order chi connectivity index (χ1) is 14.0. The van der Waals surface area contributed by atoms with Crippen LogP contribution in [0.1, 0.15) is 38.3 Å².